The van der Waals surface area contributed by atoms with Crippen LogP contribution < -0.4 is 10.2 Å². The summed E-state index contributed by atoms with van der Waals surface area (Å²) in [6.45, 7) is 1.63. The minimum Gasteiger partial charge on any atom is -0.351 e. The van der Waals surface area contributed by atoms with E-state index >= 15 is 0 Å². The first-order valence-electron chi connectivity index (χ1n) is 9.19. The summed E-state index contributed by atoms with van der Waals surface area (Å²) in [5, 5.41) is 6.55. The van der Waals surface area contributed by atoms with Gasteiger partial charge in [0, 0.05) is 42.5 Å². The summed E-state index contributed by atoms with van der Waals surface area (Å²) in [4.78, 5) is 27.8. The lowest BCUT2D eigenvalue weighted by molar-refractivity contribution is -0.121. The molecule has 0 saturated carbocycles. The summed E-state index contributed by atoms with van der Waals surface area (Å²) in [5.41, 5.74) is 1.66. The number of piperidine rings is 1. The number of rotatable bonds is 5. The van der Waals surface area contributed by atoms with Gasteiger partial charge in [0.2, 0.25) is 11.9 Å². The van der Waals surface area contributed by atoms with E-state index in [4.69, 9.17) is 11.6 Å². The van der Waals surface area contributed by atoms with Crippen LogP contribution in [0.25, 0.3) is 10.6 Å². The lowest BCUT2D eigenvalue weighted by atomic mass is 10.1. The SMILES string of the molecule is O=C(Cc1csc(-c2ccccc2Cl)n1)NC1CCCN(c2ncccn2)C1. The second-order valence-corrected chi connectivity index (χ2v) is 7.97. The monoisotopic (exact) mass is 413 g/mol. The third-order valence-electron chi connectivity index (χ3n) is 4.62. The van der Waals surface area contributed by atoms with Crippen molar-refractivity contribution >= 4 is 34.8 Å². The van der Waals surface area contributed by atoms with Crippen LogP contribution in [-0.2, 0) is 11.2 Å². The first-order valence-corrected chi connectivity index (χ1v) is 10.5. The molecule has 1 aliphatic rings. The summed E-state index contributed by atoms with van der Waals surface area (Å²) in [7, 11) is 0. The van der Waals surface area contributed by atoms with Crippen molar-refractivity contribution in [2.45, 2.75) is 25.3 Å². The molecule has 6 nitrogen and oxygen atoms in total. The first kappa shape index (κ1) is 18.8. The van der Waals surface area contributed by atoms with Crippen LogP contribution in [0, 0.1) is 0 Å². The van der Waals surface area contributed by atoms with Crippen molar-refractivity contribution in [3.63, 3.8) is 0 Å². The molecule has 3 heterocycles. The molecule has 0 radical (unpaired) electrons. The van der Waals surface area contributed by atoms with Crippen molar-refractivity contribution in [1.82, 2.24) is 20.3 Å². The van der Waals surface area contributed by atoms with Gasteiger partial charge in [-0.25, -0.2) is 15.0 Å². The van der Waals surface area contributed by atoms with Gasteiger partial charge in [-0.1, -0.05) is 29.8 Å². The van der Waals surface area contributed by atoms with E-state index in [1.165, 1.54) is 11.3 Å². The Balaban J connectivity index is 1.35. The van der Waals surface area contributed by atoms with Gasteiger partial charge in [0.1, 0.15) is 5.01 Å². The molecule has 144 valence electrons. The van der Waals surface area contributed by atoms with Crippen LogP contribution in [-0.4, -0.2) is 40.0 Å². The van der Waals surface area contributed by atoms with Crippen molar-refractivity contribution in [2.24, 2.45) is 0 Å². The van der Waals surface area contributed by atoms with E-state index in [2.05, 4.69) is 25.2 Å². The molecule has 1 unspecified atom stereocenters. The summed E-state index contributed by atoms with van der Waals surface area (Å²) >= 11 is 7.74. The number of hydrogen-bond donors (Lipinski definition) is 1. The zero-order valence-corrected chi connectivity index (χ0v) is 16.8. The normalized spacial score (nSPS) is 16.8. The zero-order chi connectivity index (χ0) is 19.3. The van der Waals surface area contributed by atoms with Gasteiger partial charge in [-0.3, -0.25) is 4.79 Å². The molecule has 1 N–H and O–H groups in total. The molecule has 1 aliphatic heterocycles. The predicted molar refractivity (Wildman–Crippen MR) is 112 cm³/mol. The Morgan fingerprint density at radius 2 is 2.07 bits per heavy atom. The van der Waals surface area contributed by atoms with Crippen LogP contribution >= 0.6 is 22.9 Å². The number of aromatic nitrogens is 3. The first-order chi connectivity index (χ1) is 13.7. The Kier molecular flexibility index (Phi) is 5.83. The number of carbonyl (C=O) groups is 1. The molecule has 1 aromatic carbocycles. The van der Waals surface area contributed by atoms with Crippen LogP contribution in [0.15, 0.2) is 48.1 Å². The van der Waals surface area contributed by atoms with Crippen LogP contribution in [0.3, 0.4) is 0 Å². The summed E-state index contributed by atoms with van der Waals surface area (Å²) in [5.74, 6) is 0.696. The molecule has 1 amide bonds. The average molecular weight is 414 g/mol. The number of nitrogens with one attached hydrogen (secondary N) is 1. The highest BCUT2D eigenvalue weighted by atomic mass is 35.5. The van der Waals surface area contributed by atoms with E-state index in [0.29, 0.717) is 11.0 Å². The van der Waals surface area contributed by atoms with Gasteiger partial charge in [0.25, 0.3) is 0 Å². The number of benzene rings is 1. The Morgan fingerprint density at radius 3 is 2.89 bits per heavy atom. The van der Waals surface area contributed by atoms with Crippen LogP contribution in [0.5, 0.6) is 0 Å². The molecule has 1 atom stereocenters. The molecule has 28 heavy (non-hydrogen) atoms. The van der Waals surface area contributed by atoms with Gasteiger partial charge in [-0.05, 0) is 25.0 Å². The molecule has 3 aromatic rings. The lowest BCUT2D eigenvalue weighted by Gasteiger charge is -2.33. The Labute approximate surface area is 172 Å². The molecular formula is C20H20ClN5OS. The van der Waals surface area contributed by atoms with E-state index in [9.17, 15) is 4.79 Å². The van der Waals surface area contributed by atoms with Crippen LogP contribution in [0.1, 0.15) is 18.5 Å². The highest BCUT2D eigenvalue weighted by molar-refractivity contribution is 7.13. The van der Waals surface area contributed by atoms with Crippen molar-refractivity contribution in [3.8, 4) is 10.6 Å². The fourth-order valence-electron chi connectivity index (χ4n) is 3.32. The highest BCUT2D eigenvalue weighted by Crippen LogP contribution is 2.30. The standard InChI is InChI=1S/C20H20ClN5OS/c21-17-7-2-1-6-16(17)19-25-15(13-28-19)11-18(27)24-14-5-3-10-26(12-14)20-22-8-4-9-23-20/h1-2,4,6-9,13-14H,3,5,10-12H2,(H,24,27). The maximum atomic E-state index is 12.5. The van der Waals surface area contributed by atoms with E-state index < -0.39 is 0 Å². The minimum atomic E-state index is -0.0168. The number of anilines is 1. The number of thiazole rings is 1. The maximum absolute atomic E-state index is 12.5. The molecule has 2 aromatic heterocycles. The number of halogens is 1. The summed E-state index contributed by atoms with van der Waals surface area (Å²) in [6, 6.07) is 9.50. The van der Waals surface area contributed by atoms with Gasteiger partial charge >= 0.3 is 0 Å². The van der Waals surface area contributed by atoms with Crippen LogP contribution in [0.2, 0.25) is 5.02 Å². The van der Waals surface area contributed by atoms with Crippen molar-refractivity contribution in [2.75, 3.05) is 18.0 Å². The van der Waals surface area contributed by atoms with E-state index in [-0.39, 0.29) is 18.4 Å². The molecule has 0 spiro atoms. The predicted octanol–water partition coefficient (Wildman–Crippen LogP) is 3.58. The van der Waals surface area contributed by atoms with Gasteiger partial charge in [-0.15, -0.1) is 11.3 Å². The Bertz CT molecular complexity index is 949. The van der Waals surface area contributed by atoms with Gasteiger partial charge in [0.05, 0.1) is 17.1 Å². The smallest absolute Gasteiger partial charge is 0.226 e. The van der Waals surface area contributed by atoms with Gasteiger partial charge < -0.3 is 10.2 Å². The minimum absolute atomic E-state index is 0.0168. The Morgan fingerprint density at radius 1 is 1.25 bits per heavy atom. The second kappa shape index (κ2) is 8.67. The Hall–Kier alpha value is -2.51. The van der Waals surface area contributed by atoms with Crippen molar-refractivity contribution < 1.29 is 4.79 Å². The summed E-state index contributed by atoms with van der Waals surface area (Å²) in [6.07, 6.45) is 5.69. The van der Waals surface area contributed by atoms with Gasteiger partial charge in [0.15, 0.2) is 0 Å². The van der Waals surface area contributed by atoms with Crippen molar-refractivity contribution in [3.05, 3.63) is 58.8 Å². The molecule has 8 heteroatoms. The third kappa shape index (κ3) is 4.48. The zero-order valence-electron chi connectivity index (χ0n) is 15.2. The molecule has 4 rings (SSSR count). The number of amides is 1. The topological polar surface area (TPSA) is 71.0 Å². The molecule has 0 aliphatic carbocycles. The molecular weight excluding hydrogens is 394 g/mol. The average Bonchev–Trinajstić information content (AvgIpc) is 3.17. The molecule has 1 fully saturated rings. The quantitative estimate of drug-likeness (QED) is 0.692. The largest absolute Gasteiger partial charge is 0.351 e. The van der Waals surface area contributed by atoms with E-state index in [1.54, 1.807) is 18.5 Å². The van der Waals surface area contributed by atoms with Crippen molar-refractivity contribution in [1.29, 1.82) is 0 Å². The number of carbonyl (C=O) groups excluding carboxylic acids is 1. The molecule has 1 saturated heterocycles. The highest BCUT2D eigenvalue weighted by Gasteiger charge is 2.23. The second-order valence-electron chi connectivity index (χ2n) is 6.70. The fraction of sp³-hybridized carbons (Fsp3) is 0.300. The summed E-state index contributed by atoms with van der Waals surface area (Å²) < 4.78 is 0. The fourth-order valence-corrected chi connectivity index (χ4v) is 4.46. The van der Waals surface area contributed by atoms with Gasteiger partial charge in [-0.2, -0.15) is 0 Å². The van der Waals surface area contributed by atoms with Crippen LogP contribution in [0.4, 0.5) is 5.95 Å². The van der Waals surface area contributed by atoms with E-state index in [0.717, 1.165) is 42.2 Å². The lowest BCUT2D eigenvalue weighted by Crippen LogP contribution is -2.48. The third-order valence-corrected chi connectivity index (χ3v) is 5.87. The molecule has 0 bridgehead atoms. The maximum Gasteiger partial charge on any atom is 0.226 e. The van der Waals surface area contributed by atoms with E-state index in [1.807, 2.05) is 29.6 Å². The number of hydrogen-bond acceptors (Lipinski definition) is 6. The number of nitrogens with zero attached hydrogens (tertiary/aromatic N) is 4.